The van der Waals surface area contributed by atoms with E-state index in [-0.39, 0.29) is 4.90 Å². The Morgan fingerprint density at radius 1 is 1.32 bits per heavy atom. The van der Waals surface area contributed by atoms with E-state index in [2.05, 4.69) is 5.10 Å². The van der Waals surface area contributed by atoms with Crippen molar-refractivity contribution in [3.8, 4) is 0 Å². The molecule has 2 atom stereocenters. The lowest BCUT2D eigenvalue weighted by Gasteiger charge is -2.25. The normalized spacial score (nSPS) is 23.0. The number of benzene rings is 1. The molecule has 1 aliphatic rings. The van der Waals surface area contributed by atoms with Crippen molar-refractivity contribution < 1.29 is 13.5 Å². The minimum atomic E-state index is -3.59. The Bertz CT molecular complexity index is 742. The maximum atomic E-state index is 12.8. The molecule has 0 unspecified atom stereocenters. The second-order valence-electron chi connectivity index (χ2n) is 5.58. The van der Waals surface area contributed by atoms with E-state index in [1.54, 1.807) is 41.2 Å². The van der Waals surface area contributed by atoms with Crippen molar-refractivity contribution in [3.63, 3.8) is 0 Å². The van der Waals surface area contributed by atoms with Gasteiger partial charge in [0.2, 0.25) is 10.0 Å². The van der Waals surface area contributed by atoms with Crippen LogP contribution in [0.25, 0.3) is 0 Å². The van der Waals surface area contributed by atoms with Crippen molar-refractivity contribution >= 4 is 10.0 Å². The molecule has 1 saturated heterocycles. The molecule has 2 aromatic rings. The molecule has 2 heterocycles. The van der Waals surface area contributed by atoms with E-state index in [0.717, 1.165) is 5.56 Å². The van der Waals surface area contributed by atoms with Crippen LogP contribution in [0.5, 0.6) is 0 Å². The highest BCUT2D eigenvalue weighted by Gasteiger charge is 2.40. The summed E-state index contributed by atoms with van der Waals surface area (Å²) >= 11 is 0. The Hall–Kier alpha value is -1.70. The first-order valence-electron chi connectivity index (χ1n) is 7.21. The first-order valence-corrected chi connectivity index (χ1v) is 8.65. The minimum Gasteiger partial charge on any atom is -0.391 e. The SMILES string of the molecule is Cn1cc(C[C@H]2[C@H](O)CCN2S(=O)(=O)c2ccccc2)cn1. The van der Waals surface area contributed by atoms with Crippen molar-refractivity contribution in [1.29, 1.82) is 0 Å². The topological polar surface area (TPSA) is 75.4 Å². The van der Waals surface area contributed by atoms with Crippen molar-refractivity contribution in [1.82, 2.24) is 14.1 Å². The van der Waals surface area contributed by atoms with Gasteiger partial charge >= 0.3 is 0 Å². The zero-order valence-corrected chi connectivity index (χ0v) is 13.1. The number of rotatable bonds is 4. The number of sulfonamides is 1. The molecule has 7 heteroatoms. The second kappa shape index (κ2) is 5.83. The first-order chi connectivity index (χ1) is 10.5. The second-order valence-corrected chi connectivity index (χ2v) is 7.47. The molecule has 0 aliphatic carbocycles. The van der Waals surface area contributed by atoms with Crippen LogP contribution in [0.2, 0.25) is 0 Å². The van der Waals surface area contributed by atoms with Gasteiger partial charge in [-0.05, 0) is 30.5 Å². The van der Waals surface area contributed by atoms with Crippen LogP contribution < -0.4 is 0 Å². The lowest BCUT2D eigenvalue weighted by Crippen LogP contribution is -2.41. The van der Waals surface area contributed by atoms with Crippen LogP contribution in [-0.4, -0.2) is 46.3 Å². The zero-order chi connectivity index (χ0) is 15.7. The van der Waals surface area contributed by atoms with E-state index in [0.29, 0.717) is 19.4 Å². The van der Waals surface area contributed by atoms with Crippen LogP contribution in [0.1, 0.15) is 12.0 Å². The summed E-state index contributed by atoms with van der Waals surface area (Å²) in [5.74, 6) is 0. The Kier molecular flexibility index (Phi) is 4.03. The highest BCUT2D eigenvalue weighted by atomic mass is 32.2. The third-order valence-electron chi connectivity index (χ3n) is 4.01. The van der Waals surface area contributed by atoms with E-state index in [1.165, 1.54) is 4.31 Å². The van der Waals surface area contributed by atoms with Crippen molar-refractivity contribution in [2.45, 2.75) is 29.9 Å². The fourth-order valence-electron chi connectivity index (χ4n) is 2.89. The largest absolute Gasteiger partial charge is 0.391 e. The number of aromatic nitrogens is 2. The molecule has 0 amide bonds. The zero-order valence-electron chi connectivity index (χ0n) is 12.3. The molecule has 0 saturated carbocycles. The van der Waals surface area contributed by atoms with Crippen LogP contribution in [0.4, 0.5) is 0 Å². The van der Waals surface area contributed by atoms with Crippen molar-refractivity contribution in [2.24, 2.45) is 7.05 Å². The third-order valence-corrected chi connectivity index (χ3v) is 5.95. The van der Waals surface area contributed by atoms with Crippen LogP contribution in [0.3, 0.4) is 0 Å². The van der Waals surface area contributed by atoms with Gasteiger partial charge in [-0.1, -0.05) is 18.2 Å². The van der Waals surface area contributed by atoms with Gasteiger partial charge < -0.3 is 5.11 Å². The molecule has 0 bridgehead atoms. The summed E-state index contributed by atoms with van der Waals surface area (Å²) in [6, 6.07) is 7.91. The smallest absolute Gasteiger partial charge is 0.243 e. The molecule has 0 spiro atoms. The summed E-state index contributed by atoms with van der Waals surface area (Å²) in [5.41, 5.74) is 0.918. The summed E-state index contributed by atoms with van der Waals surface area (Å²) in [6.45, 7) is 0.337. The average Bonchev–Trinajstić information content (AvgIpc) is 3.08. The quantitative estimate of drug-likeness (QED) is 0.903. The van der Waals surface area contributed by atoms with Gasteiger partial charge in [-0.15, -0.1) is 0 Å². The molecule has 3 rings (SSSR count). The Morgan fingerprint density at radius 2 is 2.05 bits per heavy atom. The predicted molar refractivity (Wildman–Crippen MR) is 81.7 cm³/mol. The van der Waals surface area contributed by atoms with Gasteiger partial charge in [0.15, 0.2) is 0 Å². The van der Waals surface area contributed by atoms with Crippen LogP contribution in [-0.2, 0) is 23.5 Å². The number of aliphatic hydroxyl groups excluding tert-OH is 1. The fraction of sp³-hybridized carbons (Fsp3) is 0.400. The molecule has 1 N–H and O–H groups in total. The van der Waals surface area contributed by atoms with Crippen molar-refractivity contribution in [3.05, 3.63) is 48.3 Å². The molecule has 1 aromatic heterocycles. The molecule has 1 fully saturated rings. The summed E-state index contributed by atoms with van der Waals surface area (Å²) in [4.78, 5) is 0.264. The molecule has 0 radical (unpaired) electrons. The van der Waals surface area contributed by atoms with Crippen molar-refractivity contribution in [2.75, 3.05) is 6.54 Å². The Morgan fingerprint density at radius 3 is 2.68 bits per heavy atom. The highest BCUT2D eigenvalue weighted by Crippen LogP contribution is 2.28. The number of aliphatic hydroxyl groups is 1. The summed E-state index contributed by atoms with van der Waals surface area (Å²) in [7, 11) is -1.78. The first kappa shape index (κ1) is 15.2. The summed E-state index contributed by atoms with van der Waals surface area (Å²) in [6.07, 6.45) is 3.81. The molecule has 118 valence electrons. The Balaban J connectivity index is 1.88. The van der Waals surface area contributed by atoms with Gasteiger partial charge in [0, 0.05) is 19.8 Å². The van der Waals surface area contributed by atoms with E-state index in [9.17, 15) is 13.5 Å². The van der Waals surface area contributed by atoms with Gasteiger partial charge in [-0.25, -0.2) is 8.42 Å². The minimum absolute atomic E-state index is 0.264. The van der Waals surface area contributed by atoms with Crippen LogP contribution >= 0.6 is 0 Å². The number of hydrogen-bond donors (Lipinski definition) is 1. The monoisotopic (exact) mass is 321 g/mol. The molecular formula is C15H19N3O3S. The standard InChI is InChI=1S/C15H19N3O3S/c1-17-11-12(10-16-17)9-14-15(19)7-8-18(14)22(20,21)13-5-3-2-4-6-13/h2-6,10-11,14-15,19H,7-9H2,1H3/t14-,15+/m0/s1. The van der Waals surface area contributed by atoms with Gasteiger partial charge in [0.25, 0.3) is 0 Å². The molecule has 22 heavy (non-hydrogen) atoms. The molecular weight excluding hydrogens is 302 g/mol. The number of aryl methyl sites for hydroxylation is 1. The van der Waals surface area contributed by atoms with E-state index < -0.39 is 22.2 Å². The van der Waals surface area contributed by atoms with E-state index in [1.807, 2.05) is 13.2 Å². The third kappa shape index (κ3) is 2.79. The summed E-state index contributed by atoms with van der Waals surface area (Å²) in [5, 5.41) is 14.3. The molecule has 1 aliphatic heterocycles. The van der Waals surface area contributed by atoms with Gasteiger partial charge in [0.05, 0.1) is 23.2 Å². The van der Waals surface area contributed by atoms with Crippen LogP contribution in [0.15, 0.2) is 47.6 Å². The van der Waals surface area contributed by atoms with Gasteiger partial charge in [-0.2, -0.15) is 9.40 Å². The lowest BCUT2D eigenvalue weighted by atomic mass is 10.1. The number of nitrogens with zero attached hydrogens (tertiary/aromatic N) is 3. The van der Waals surface area contributed by atoms with Gasteiger partial charge in [0.1, 0.15) is 0 Å². The average molecular weight is 321 g/mol. The number of hydrogen-bond acceptors (Lipinski definition) is 4. The Labute approximate surface area is 130 Å². The van der Waals surface area contributed by atoms with E-state index in [4.69, 9.17) is 0 Å². The van der Waals surface area contributed by atoms with Gasteiger partial charge in [-0.3, -0.25) is 4.68 Å². The van der Waals surface area contributed by atoms with E-state index >= 15 is 0 Å². The molecule has 6 nitrogen and oxygen atoms in total. The predicted octanol–water partition coefficient (Wildman–Crippen LogP) is 0.787. The molecule has 1 aromatic carbocycles. The lowest BCUT2D eigenvalue weighted by molar-refractivity contribution is 0.142. The fourth-order valence-corrected chi connectivity index (χ4v) is 4.58. The highest BCUT2D eigenvalue weighted by molar-refractivity contribution is 7.89. The summed E-state index contributed by atoms with van der Waals surface area (Å²) < 4.78 is 28.6. The van der Waals surface area contributed by atoms with Crippen LogP contribution in [0, 0.1) is 0 Å². The maximum Gasteiger partial charge on any atom is 0.243 e. The maximum absolute atomic E-state index is 12.8.